The Labute approximate surface area is 175 Å². The van der Waals surface area contributed by atoms with Crippen LogP contribution in [0.2, 0.25) is 5.02 Å². The zero-order chi connectivity index (χ0) is 20.1. The molecule has 0 unspecified atom stereocenters. The van der Waals surface area contributed by atoms with Crippen LogP contribution in [-0.2, 0) is 19.6 Å². The number of amides is 1. The summed E-state index contributed by atoms with van der Waals surface area (Å²) in [5.41, 5.74) is 3.14. The molecule has 0 aliphatic carbocycles. The molecule has 0 bridgehead atoms. The molecule has 0 saturated heterocycles. The first-order chi connectivity index (χ1) is 14.2. The van der Waals surface area contributed by atoms with Crippen LogP contribution in [0.4, 0.5) is 0 Å². The van der Waals surface area contributed by atoms with Crippen molar-refractivity contribution < 1.29 is 9.21 Å². The largest absolute Gasteiger partial charge is 0.459 e. The topological polar surface area (TPSA) is 38.4 Å². The van der Waals surface area contributed by atoms with Crippen LogP contribution in [0.15, 0.2) is 95.7 Å². The molecule has 2 aromatic heterocycles. The lowest BCUT2D eigenvalue weighted by Crippen LogP contribution is -2.30. The summed E-state index contributed by atoms with van der Waals surface area (Å²) in [5, 5.41) is 0.736. The number of nitrogens with zero attached hydrogens (tertiary/aromatic N) is 2. The second-order valence-corrected chi connectivity index (χ2v) is 7.25. The van der Waals surface area contributed by atoms with Gasteiger partial charge in [-0.15, -0.1) is 0 Å². The second-order valence-electron chi connectivity index (χ2n) is 6.84. The highest BCUT2D eigenvalue weighted by molar-refractivity contribution is 6.31. The Morgan fingerprint density at radius 2 is 1.69 bits per heavy atom. The number of benzene rings is 2. The van der Waals surface area contributed by atoms with Crippen molar-refractivity contribution in [2.45, 2.75) is 19.6 Å². The number of hydrogen-bond donors (Lipinski definition) is 0. The Bertz CT molecular complexity index is 1070. The number of aromatic nitrogens is 1. The van der Waals surface area contributed by atoms with Gasteiger partial charge in [0, 0.05) is 30.0 Å². The average molecular weight is 405 g/mol. The van der Waals surface area contributed by atoms with E-state index in [1.807, 2.05) is 72.9 Å². The standard InChI is InChI=1S/C24H21ClN2O2/c25-22-12-5-4-10-20(22)17-26-14-6-11-21(26)18-27(16-19-8-2-1-3-9-19)24(28)23-13-7-15-29-23/h1-15H,16-18H2. The molecular weight excluding hydrogens is 384 g/mol. The van der Waals surface area contributed by atoms with Crippen molar-refractivity contribution in [3.05, 3.63) is 119 Å². The Morgan fingerprint density at radius 1 is 0.897 bits per heavy atom. The van der Waals surface area contributed by atoms with Gasteiger partial charge in [-0.2, -0.15) is 0 Å². The van der Waals surface area contributed by atoms with Crippen LogP contribution >= 0.6 is 11.6 Å². The number of carbonyl (C=O) groups is 1. The molecule has 0 N–H and O–H groups in total. The van der Waals surface area contributed by atoms with Crippen molar-refractivity contribution in [2.75, 3.05) is 0 Å². The lowest BCUT2D eigenvalue weighted by atomic mass is 10.2. The summed E-state index contributed by atoms with van der Waals surface area (Å²) < 4.78 is 7.48. The first kappa shape index (κ1) is 19.1. The zero-order valence-corrected chi connectivity index (χ0v) is 16.6. The molecule has 146 valence electrons. The minimum absolute atomic E-state index is 0.135. The predicted molar refractivity (Wildman–Crippen MR) is 114 cm³/mol. The fraction of sp³-hybridized carbons (Fsp3) is 0.125. The van der Waals surface area contributed by atoms with Crippen molar-refractivity contribution in [3.8, 4) is 0 Å². The highest BCUT2D eigenvalue weighted by Crippen LogP contribution is 2.19. The lowest BCUT2D eigenvalue weighted by Gasteiger charge is -2.23. The number of carbonyl (C=O) groups excluding carboxylic acids is 1. The Kier molecular flexibility index (Phi) is 5.82. The molecule has 2 aromatic carbocycles. The van der Waals surface area contributed by atoms with Crippen LogP contribution in [0.5, 0.6) is 0 Å². The summed E-state index contributed by atoms with van der Waals surface area (Å²) in [6.45, 7) is 1.61. The van der Waals surface area contributed by atoms with Gasteiger partial charge < -0.3 is 13.9 Å². The molecule has 4 nitrogen and oxygen atoms in total. The van der Waals surface area contributed by atoms with Gasteiger partial charge in [0.05, 0.1) is 12.8 Å². The number of furan rings is 1. The van der Waals surface area contributed by atoms with E-state index < -0.39 is 0 Å². The van der Waals surface area contributed by atoms with E-state index >= 15 is 0 Å². The fourth-order valence-corrected chi connectivity index (χ4v) is 3.51. The monoisotopic (exact) mass is 404 g/mol. The van der Waals surface area contributed by atoms with Gasteiger partial charge in [-0.1, -0.05) is 60.1 Å². The van der Waals surface area contributed by atoms with Gasteiger partial charge in [0.15, 0.2) is 5.76 Å². The normalized spacial score (nSPS) is 10.8. The average Bonchev–Trinajstić information content (AvgIpc) is 3.42. The maximum Gasteiger partial charge on any atom is 0.290 e. The van der Waals surface area contributed by atoms with E-state index in [1.165, 1.54) is 6.26 Å². The quantitative estimate of drug-likeness (QED) is 0.400. The minimum atomic E-state index is -0.135. The molecule has 4 aromatic rings. The van der Waals surface area contributed by atoms with Crippen molar-refractivity contribution in [1.82, 2.24) is 9.47 Å². The molecule has 0 radical (unpaired) electrons. The van der Waals surface area contributed by atoms with E-state index in [4.69, 9.17) is 16.0 Å². The molecule has 0 spiro atoms. The molecule has 0 fully saturated rings. The van der Waals surface area contributed by atoms with E-state index in [-0.39, 0.29) is 5.91 Å². The van der Waals surface area contributed by atoms with Crippen molar-refractivity contribution in [1.29, 1.82) is 0 Å². The van der Waals surface area contributed by atoms with Gasteiger partial charge >= 0.3 is 0 Å². The molecule has 0 aliphatic rings. The summed E-state index contributed by atoms with van der Waals surface area (Å²) >= 11 is 6.33. The summed E-state index contributed by atoms with van der Waals surface area (Å²) in [7, 11) is 0. The van der Waals surface area contributed by atoms with Crippen LogP contribution in [0.3, 0.4) is 0 Å². The lowest BCUT2D eigenvalue weighted by molar-refractivity contribution is 0.0693. The molecule has 5 heteroatoms. The summed E-state index contributed by atoms with van der Waals surface area (Å²) in [6.07, 6.45) is 3.53. The van der Waals surface area contributed by atoms with E-state index in [2.05, 4.69) is 4.57 Å². The van der Waals surface area contributed by atoms with Gasteiger partial charge in [-0.3, -0.25) is 4.79 Å². The fourth-order valence-electron chi connectivity index (χ4n) is 3.31. The second kappa shape index (κ2) is 8.84. The third-order valence-corrected chi connectivity index (χ3v) is 5.18. The van der Waals surface area contributed by atoms with Crippen molar-refractivity contribution in [3.63, 3.8) is 0 Å². The molecule has 0 aliphatic heterocycles. The first-order valence-corrected chi connectivity index (χ1v) is 9.82. The number of rotatable bonds is 7. The van der Waals surface area contributed by atoms with Gasteiger partial charge in [-0.25, -0.2) is 0 Å². The van der Waals surface area contributed by atoms with E-state index in [9.17, 15) is 4.79 Å². The Morgan fingerprint density at radius 3 is 2.45 bits per heavy atom. The molecule has 29 heavy (non-hydrogen) atoms. The Balaban J connectivity index is 1.59. The third-order valence-electron chi connectivity index (χ3n) is 4.81. The van der Waals surface area contributed by atoms with Crippen molar-refractivity contribution in [2.24, 2.45) is 0 Å². The number of halogens is 1. The first-order valence-electron chi connectivity index (χ1n) is 9.45. The highest BCUT2D eigenvalue weighted by Gasteiger charge is 2.20. The maximum absolute atomic E-state index is 13.1. The van der Waals surface area contributed by atoms with E-state index in [0.29, 0.717) is 25.4 Å². The van der Waals surface area contributed by atoms with Gasteiger partial charge in [0.25, 0.3) is 5.91 Å². The van der Waals surface area contributed by atoms with Gasteiger partial charge in [0.1, 0.15) is 0 Å². The molecule has 0 saturated carbocycles. The molecule has 2 heterocycles. The summed E-state index contributed by atoms with van der Waals surface area (Å²) in [6, 6.07) is 25.2. The molecular formula is C24H21ClN2O2. The van der Waals surface area contributed by atoms with E-state index in [1.54, 1.807) is 17.0 Å². The van der Waals surface area contributed by atoms with Gasteiger partial charge in [0.2, 0.25) is 0 Å². The van der Waals surface area contributed by atoms with Crippen LogP contribution in [-0.4, -0.2) is 15.4 Å². The third kappa shape index (κ3) is 4.61. The minimum Gasteiger partial charge on any atom is -0.459 e. The smallest absolute Gasteiger partial charge is 0.290 e. The molecule has 0 atom stereocenters. The van der Waals surface area contributed by atoms with Crippen LogP contribution in [0.1, 0.15) is 27.4 Å². The zero-order valence-electron chi connectivity index (χ0n) is 15.9. The SMILES string of the molecule is O=C(c1ccco1)N(Cc1ccccc1)Cc1cccn1Cc1ccccc1Cl. The van der Waals surface area contributed by atoms with Crippen LogP contribution < -0.4 is 0 Å². The highest BCUT2D eigenvalue weighted by atomic mass is 35.5. The number of hydrogen-bond acceptors (Lipinski definition) is 2. The molecule has 1 amide bonds. The van der Waals surface area contributed by atoms with Gasteiger partial charge in [-0.05, 0) is 41.5 Å². The van der Waals surface area contributed by atoms with Crippen LogP contribution in [0.25, 0.3) is 0 Å². The summed E-state index contributed by atoms with van der Waals surface area (Å²) in [4.78, 5) is 14.9. The van der Waals surface area contributed by atoms with Crippen molar-refractivity contribution >= 4 is 17.5 Å². The van der Waals surface area contributed by atoms with Crippen LogP contribution in [0, 0.1) is 0 Å². The summed E-state index contributed by atoms with van der Waals surface area (Å²) in [5.74, 6) is 0.203. The Hall–Kier alpha value is -3.24. The molecule has 4 rings (SSSR count). The predicted octanol–water partition coefficient (Wildman–Crippen LogP) is 5.63. The van der Waals surface area contributed by atoms with E-state index in [0.717, 1.165) is 21.8 Å². The maximum atomic E-state index is 13.1.